The Bertz CT molecular complexity index is 880. The molecule has 1 saturated heterocycles. The molecule has 3 rings (SSSR count). The number of hydrogen-bond donors (Lipinski definition) is 1. The third-order valence-corrected chi connectivity index (χ3v) is 4.54. The second-order valence-corrected chi connectivity index (χ2v) is 6.55. The molecule has 1 aliphatic rings. The normalized spacial score (nSPS) is 15.6. The molecule has 1 N–H and O–H groups in total. The fraction of sp³-hybridized carbons (Fsp3) is 0.286. The standard InChI is InChI=1S/C21H21F3N2O2/c1-14(25-20(27)6-5-15-3-2-4-19(23)21(15)24)16-11-17(22)13-18(12-16)26-7-9-28-10-8-26/h2-6,11-14H,7-10H2,1H3,(H,25,27). The first kappa shape index (κ1) is 19.9. The Kier molecular flexibility index (Phi) is 6.36. The van der Waals surface area contributed by atoms with Crippen molar-refractivity contribution in [2.75, 3.05) is 31.2 Å². The van der Waals surface area contributed by atoms with Crippen molar-refractivity contribution >= 4 is 17.7 Å². The van der Waals surface area contributed by atoms with Gasteiger partial charge in [0.15, 0.2) is 11.6 Å². The number of nitrogens with zero attached hydrogens (tertiary/aromatic N) is 1. The Morgan fingerprint density at radius 1 is 1.18 bits per heavy atom. The molecule has 0 bridgehead atoms. The Balaban J connectivity index is 1.69. The third-order valence-electron chi connectivity index (χ3n) is 4.54. The van der Waals surface area contributed by atoms with Crippen molar-refractivity contribution in [3.8, 4) is 0 Å². The number of anilines is 1. The maximum Gasteiger partial charge on any atom is 0.244 e. The first-order valence-electron chi connectivity index (χ1n) is 9.00. The molecular weight excluding hydrogens is 369 g/mol. The molecule has 0 aliphatic carbocycles. The molecule has 4 nitrogen and oxygen atoms in total. The van der Waals surface area contributed by atoms with E-state index in [-0.39, 0.29) is 5.56 Å². The summed E-state index contributed by atoms with van der Waals surface area (Å²) in [5.41, 5.74) is 1.32. The van der Waals surface area contributed by atoms with Crippen molar-refractivity contribution in [1.82, 2.24) is 5.32 Å². The summed E-state index contributed by atoms with van der Waals surface area (Å²) in [4.78, 5) is 14.2. The monoisotopic (exact) mass is 390 g/mol. The molecule has 1 fully saturated rings. The molecule has 1 aliphatic heterocycles. The smallest absolute Gasteiger partial charge is 0.244 e. The molecule has 1 heterocycles. The number of carbonyl (C=O) groups excluding carboxylic acids is 1. The molecule has 2 aromatic rings. The Labute approximate surface area is 161 Å². The van der Waals surface area contributed by atoms with E-state index in [0.717, 1.165) is 17.8 Å². The quantitative estimate of drug-likeness (QED) is 0.789. The molecule has 1 unspecified atom stereocenters. The number of amides is 1. The molecule has 1 amide bonds. The molecule has 7 heteroatoms. The molecule has 0 aromatic heterocycles. The molecule has 28 heavy (non-hydrogen) atoms. The predicted molar refractivity (Wildman–Crippen MR) is 101 cm³/mol. The molecule has 2 aromatic carbocycles. The Morgan fingerprint density at radius 2 is 1.93 bits per heavy atom. The van der Waals surface area contributed by atoms with Gasteiger partial charge in [-0.05, 0) is 42.8 Å². The minimum absolute atomic E-state index is 0.0248. The van der Waals surface area contributed by atoms with E-state index >= 15 is 0 Å². The maximum atomic E-state index is 14.1. The van der Waals surface area contributed by atoms with E-state index in [1.165, 1.54) is 30.3 Å². The molecular formula is C21H21F3N2O2. The van der Waals surface area contributed by atoms with Crippen LogP contribution in [0.5, 0.6) is 0 Å². The summed E-state index contributed by atoms with van der Waals surface area (Å²) in [6.45, 7) is 4.24. The van der Waals surface area contributed by atoms with Gasteiger partial charge >= 0.3 is 0 Å². The van der Waals surface area contributed by atoms with Crippen LogP contribution in [0.4, 0.5) is 18.9 Å². The lowest BCUT2D eigenvalue weighted by Crippen LogP contribution is -2.36. The van der Waals surface area contributed by atoms with Gasteiger partial charge in [0.25, 0.3) is 0 Å². The van der Waals surface area contributed by atoms with Crippen molar-refractivity contribution < 1.29 is 22.7 Å². The van der Waals surface area contributed by atoms with E-state index in [2.05, 4.69) is 5.32 Å². The van der Waals surface area contributed by atoms with Gasteiger partial charge in [0.1, 0.15) is 5.82 Å². The number of halogens is 3. The van der Waals surface area contributed by atoms with Gasteiger partial charge < -0.3 is 15.0 Å². The lowest BCUT2D eigenvalue weighted by molar-refractivity contribution is -0.117. The minimum atomic E-state index is -1.01. The minimum Gasteiger partial charge on any atom is -0.378 e. The van der Waals surface area contributed by atoms with Crippen LogP contribution in [-0.2, 0) is 9.53 Å². The molecule has 148 valence electrons. The Hall–Kier alpha value is -2.80. The second kappa shape index (κ2) is 8.93. The van der Waals surface area contributed by atoms with Gasteiger partial charge in [-0.3, -0.25) is 4.79 Å². The van der Waals surface area contributed by atoms with E-state index in [4.69, 9.17) is 4.74 Å². The van der Waals surface area contributed by atoms with Crippen LogP contribution in [0.3, 0.4) is 0 Å². The highest BCUT2D eigenvalue weighted by atomic mass is 19.2. The fourth-order valence-corrected chi connectivity index (χ4v) is 3.01. The van der Waals surface area contributed by atoms with Crippen LogP contribution in [0, 0.1) is 17.5 Å². The summed E-state index contributed by atoms with van der Waals surface area (Å²) in [5.74, 6) is -2.88. The number of hydrogen-bond acceptors (Lipinski definition) is 3. The van der Waals surface area contributed by atoms with Crippen molar-refractivity contribution in [3.63, 3.8) is 0 Å². The molecule has 0 spiro atoms. The van der Waals surface area contributed by atoms with Gasteiger partial charge in [0.2, 0.25) is 5.91 Å². The van der Waals surface area contributed by atoms with Gasteiger partial charge in [-0.15, -0.1) is 0 Å². The van der Waals surface area contributed by atoms with Crippen molar-refractivity contribution in [2.24, 2.45) is 0 Å². The SMILES string of the molecule is CC(NC(=O)C=Cc1cccc(F)c1F)c1cc(F)cc(N2CCOCC2)c1. The average Bonchev–Trinajstić information content (AvgIpc) is 2.69. The number of nitrogens with one attached hydrogen (secondary N) is 1. The number of ether oxygens (including phenoxy) is 1. The van der Waals surface area contributed by atoms with E-state index in [9.17, 15) is 18.0 Å². The fourth-order valence-electron chi connectivity index (χ4n) is 3.01. The molecule has 0 radical (unpaired) electrons. The highest BCUT2D eigenvalue weighted by Gasteiger charge is 2.16. The van der Waals surface area contributed by atoms with Crippen LogP contribution in [0.25, 0.3) is 6.08 Å². The van der Waals surface area contributed by atoms with Gasteiger partial charge in [0, 0.05) is 30.4 Å². The van der Waals surface area contributed by atoms with E-state index in [1.54, 1.807) is 6.92 Å². The van der Waals surface area contributed by atoms with Crippen molar-refractivity contribution in [3.05, 3.63) is 71.1 Å². The summed E-state index contributed by atoms with van der Waals surface area (Å²) in [7, 11) is 0. The van der Waals surface area contributed by atoms with Gasteiger partial charge in [-0.2, -0.15) is 0 Å². The molecule has 0 saturated carbocycles. The number of carbonyl (C=O) groups is 1. The van der Waals surface area contributed by atoms with Crippen molar-refractivity contribution in [2.45, 2.75) is 13.0 Å². The first-order chi connectivity index (χ1) is 13.4. The van der Waals surface area contributed by atoms with Crippen LogP contribution in [0.2, 0.25) is 0 Å². The third kappa shape index (κ3) is 4.92. The summed E-state index contributed by atoms with van der Waals surface area (Å²) in [5, 5.41) is 2.71. The van der Waals surface area contributed by atoms with Crippen LogP contribution >= 0.6 is 0 Å². The number of morpholine rings is 1. The summed E-state index contributed by atoms with van der Waals surface area (Å²) >= 11 is 0. The highest BCUT2D eigenvalue weighted by Crippen LogP contribution is 2.24. The molecule has 1 atom stereocenters. The number of rotatable bonds is 5. The summed E-state index contributed by atoms with van der Waals surface area (Å²) in [6.07, 6.45) is 2.32. The summed E-state index contributed by atoms with van der Waals surface area (Å²) < 4.78 is 46.2. The zero-order chi connectivity index (χ0) is 20.1. The second-order valence-electron chi connectivity index (χ2n) is 6.55. The largest absolute Gasteiger partial charge is 0.378 e. The zero-order valence-electron chi connectivity index (χ0n) is 15.4. The van der Waals surface area contributed by atoms with Crippen LogP contribution < -0.4 is 10.2 Å². The lowest BCUT2D eigenvalue weighted by atomic mass is 10.1. The van der Waals surface area contributed by atoms with Crippen molar-refractivity contribution in [1.29, 1.82) is 0 Å². The van der Waals surface area contributed by atoms with Crippen LogP contribution in [-0.4, -0.2) is 32.2 Å². The predicted octanol–water partition coefficient (Wildman–Crippen LogP) is 3.83. The van der Waals surface area contributed by atoms with Crippen LogP contribution in [0.15, 0.2) is 42.5 Å². The zero-order valence-corrected chi connectivity index (χ0v) is 15.4. The average molecular weight is 390 g/mol. The topological polar surface area (TPSA) is 41.6 Å². The highest BCUT2D eigenvalue weighted by molar-refractivity contribution is 5.92. The van der Waals surface area contributed by atoms with Gasteiger partial charge in [0.05, 0.1) is 19.3 Å². The van der Waals surface area contributed by atoms with Crippen LogP contribution in [0.1, 0.15) is 24.1 Å². The van der Waals surface area contributed by atoms with E-state index in [0.29, 0.717) is 31.9 Å². The van der Waals surface area contributed by atoms with E-state index in [1.807, 2.05) is 11.0 Å². The summed E-state index contributed by atoms with van der Waals surface area (Å²) in [6, 6.07) is 7.91. The van der Waals surface area contributed by atoms with Gasteiger partial charge in [-0.1, -0.05) is 12.1 Å². The first-order valence-corrected chi connectivity index (χ1v) is 9.00. The lowest BCUT2D eigenvalue weighted by Gasteiger charge is -2.29. The number of benzene rings is 2. The Morgan fingerprint density at radius 3 is 2.68 bits per heavy atom. The maximum absolute atomic E-state index is 14.1. The van der Waals surface area contributed by atoms with E-state index < -0.39 is 29.4 Å². The van der Waals surface area contributed by atoms with Gasteiger partial charge in [-0.25, -0.2) is 13.2 Å².